The Kier molecular flexibility index (Phi) is 28.5. The molecule has 2 atom stereocenters. The predicted octanol–water partition coefficient (Wildman–Crippen LogP) is 2.45. The summed E-state index contributed by atoms with van der Waals surface area (Å²) in [6.07, 6.45) is 2.46. The van der Waals surface area contributed by atoms with E-state index in [2.05, 4.69) is 5.32 Å². The minimum Gasteiger partial charge on any atom is -0.442 e. The molecule has 0 bridgehead atoms. The number of nitrogens with zero attached hydrogens (tertiary/aromatic N) is 1. The first-order valence-corrected chi connectivity index (χ1v) is 18.3. The molecule has 17 nitrogen and oxygen atoms in total. The number of nitrogens with one attached hydrogen (secondary N) is 1. The van der Waals surface area contributed by atoms with Gasteiger partial charge >= 0.3 is 12.2 Å². The van der Waals surface area contributed by atoms with E-state index in [1.807, 2.05) is 0 Å². The highest BCUT2D eigenvalue weighted by Gasteiger charge is 2.32. The van der Waals surface area contributed by atoms with E-state index in [0.29, 0.717) is 90.4 Å². The predicted molar refractivity (Wildman–Crippen MR) is 194 cm³/mol. The third-order valence-electron chi connectivity index (χ3n) is 6.81. The number of imide groups is 1. The van der Waals surface area contributed by atoms with Crippen LogP contribution >= 0.6 is 0 Å². The average Bonchev–Trinajstić information content (AvgIpc) is 3.05. The lowest BCUT2D eigenvalue weighted by Crippen LogP contribution is -2.44. The second-order valence-electron chi connectivity index (χ2n) is 14.0. The highest BCUT2D eigenvalue weighted by Crippen LogP contribution is 2.17. The van der Waals surface area contributed by atoms with Gasteiger partial charge < -0.3 is 55.7 Å². The third-order valence-corrected chi connectivity index (χ3v) is 6.81. The number of Topliss-reactive ketones (excluding diaryl/α,β-unsaturated/α-hetero) is 1. The standard InChI is InChI=1S/C35H69N5O12/c1-34(2,3)51-32(43)40(33(44)52-35(4,5)6)50-26-25-49-24-23-48-22-21-47-20-19-46-18-17-45-16-15-39-31(42)28(11-7-9-13-36)27-30(41)29(38)12-8-10-14-37/h28-29H,7-27,36-38H2,1-6H3,(H,39,42)/t28-,29+/m1/s1. The van der Waals surface area contributed by atoms with E-state index in [1.54, 1.807) is 41.5 Å². The fourth-order valence-corrected chi connectivity index (χ4v) is 4.27. The number of ketones is 1. The van der Waals surface area contributed by atoms with Gasteiger partial charge in [-0.25, -0.2) is 9.59 Å². The van der Waals surface area contributed by atoms with Gasteiger partial charge in [0.2, 0.25) is 5.91 Å². The number of hydrogen-bond donors (Lipinski definition) is 4. The van der Waals surface area contributed by atoms with Crippen LogP contribution in [0.2, 0.25) is 0 Å². The van der Waals surface area contributed by atoms with Crippen LogP contribution in [0.25, 0.3) is 0 Å². The van der Waals surface area contributed by atoms with Gasteiger partial charge in [-0.2, -0.15) is 0 Å². The van der Waals surface area contributed by atoms with Gasteiger partial charge in [0, 0.05) is 18.9 Å². The van der Waals surface area contributed by atoms with Gasteiger partial charge in [-0.3, -0.25) is 14.4 Å². The maximum Gasteiger partial charge on any atom is 0.444 e. The largest absolute Gasteiger partial charge is 0.444 e. The number of unbranched alkanes of at least 4 members (excludes halogenated alkanes) is 2. The number of rotatable bonds is 31. The van der Waals surface area contributed by atoms with Crippen LogP contribution in [0.4, 0.5) is 9.59 Å². The average molecular weight is 752 g/mol. The van der Waals surface area contributed by atoms with Crippen LogP contribution in [0.15, 0.2) is 0 Å². The van der Waals surface area contributed by atoms with Crippen molar-refractivity contribution >= 4 is 23.9 Å². The summed E-state index contributed by atoms with van der Waals surface area (Å²) in [6.45, 7) is 14.6. The summed E-state index contributed by atoms with van der Waals surface area (Å²) >= 11 is 0. The van der Waals surface area contributed by atoms with Crippen molar-refractivity contribution in [3.8, 4) is 0 Å². The molecule has 17 heteroatoms. The Morgan fingerprint density at radius 1 is 0.596 bits per heavy atom. The zero-order valence-electron chi connectivity index (χ0n) is 32.6. The van der Waals surface area contributed by atoms with Crippen LogP contribution in [0.5, 0.6) is 0 Å². The Morgan fingerprint density at radius 3 is 1.42 bits per heavy atom. The Hall–Kier alpha value is -2.48. The number of hydrogen-bond acceptors (Lipinski definition) is 15. The summed E-state index contributed by atoms with van der Waals surface area (Å²) in [5.74, 6) is -0.720. The monoisotopic (exact) mass is 751 g/mol. The van der Waals surface area contributed by atoms with Crippen molar-refractivity contribution in [1.82, 2.24) is 10.4 Å². The molecule has 0 heterocycles. The number of ether oxygens (including phenoxy) is 7. The highest BCUT2D eigenvalue weighted by molar-refractivity contribution is 5.89. The topological polar surface area (TPSA) is 235 Å². The van der Waals surface area contributed by atoms with Crippen molar-refractivity contribution in [3.63, 3.8) is 0 Å². The SMILES string of the molecule is CC(C)(C)OC(=O)N(OCCOCCOCCOCCOCCOCCNC(=O)[C@H](CCCCN)CC(=O)[C@@H](N)CCCCN)C(=O)OC(C)(C)C. The van der Waals surface area contributed by atoms with E-state index in [-0.39, 0.29) is 37.9 Å². The van der Waals surface area contributed by atoms with Gasteiger partial charge in [-0.1, -0.05) is 17.9 Å². The lowest BCUT2D eigenvalue weighted by Gasteiger charge is -2.27. The molecule has 0 aliphatic rings. The van der Waals surface area contributed by atoms with Crippen molar-refractivity contribution in [2.24, 2.45) is 23.1 Å². The first kappa shape index (κ1) is 49.5. The maximum absolute atomic E-state index is 12.8. The number of carbonyl (C=O) groups is 4. The highest BCUT2D eigenvalue weighted by atomic mass is 16.8. The molecule has 0 saturated carbocycles. The molecule has 0 aromatic heterocycles. The second-order valence-corrected chi connectivity index (χ2v) is 14.0. The minimum absolute atomic E-state index is 0.0878. The molecule has 0 unspecified atom stereocenters. The Balaban J connectivity index is 3.94. The van der Waals surface area contributed by atoms with Crippen LogP contribution in [-0.4, -0.2) is 138 Å². The molecular weight excluding hydrogens is 682 g/mol. The molecule has 7 N–H and O–H groups in total. The zero-order valence-corrected chi connectivity index (χ0v) is 32.6. The molecule has 3 amide bonds. The molecule has 0 fully saturated rings. The molecule has 306 valence electrons. The summed E-state index contributed by atoms with van der Waals surface area (Å²) in [4.78, 5) is 55.4. The van der Waals surface area contributed by atoms with E-state index in [4.69, 9.17) is 55.2 Å². The molecule has 0 aliphatic heterocycles. The first-order chi connectivity index (χ1) is 24.6. The molecule has 0 saturated heterocycles. The fraction of sp³-hybridized carbons (Fsp3) is 0.886. The van der Waals surface area contributed by atoms with Crippen molar-refractivity contribution in [3.05, 3.63) is 0 Å². The number of amides is 3. The quantitative estimate of drug-likeness (QED) is 0.0588. The van der Waals surface area contributed by atoms with Crippen LogP contribution < -0.4 is 22.5 Å². The summed E-state index contributed by atoms with van der Waals surface area (Å²) < 4.78 is 37.8. The third kappa shape index (κ3) is 29.0. The molecule has 0 spiro atoms. The van der Waals surface area contributed by atoms with Gasteiger partial charge in [0.15, 0.2) is 0 Å². The number of carbonyl (C=O) groups excluding carboxylic acids is 4. The molecule has 0 aliphatic carbocycles. The van der Waals surface area contributed by atoms with Crippen molar-refractivity contribution < 1.29 is 57.2 Å². The van der Waals surface area contributed by atoms with Crippen LogP contribution in [0, 0.1) is 5.92 Å². The van der Waals surface area contributed by atoms with Gasteiger partial charge in [0.05, 0.1) is 78.7 Å². The van der Waals surface area contributed by atoms with Crippen molar-refractivity contribution in [2.75, 3.05) is 92.3 Å². The number of hydroxylamine groups is 2. The smallest absolute Gasteiger partial charge is 0.442 e. The van der Waals surface area contributed by atoms with Gasteiger partial charge in [0.25, 0.3) is 0 Å². The Bertz CT molecular complexity index is 934. The molecule has 0 aromatic carbocycles. The minimum atomic E-state index is -0.982. The van der Waals surface area contributed by atoms with E-state index >= 15 is 0 Å². The van der Waals surface area contributed by atoms with Crippen molar-refractivity contribution in [2.45, 2.75) is 104 Å². The first-order valence-electron chi connectivity index (χ1n) is 18.3. The van der Waals surface area contributed by atoms with E-state index in [0.717, 1.165) is 25.7 Å². The summed E-state index contributed by atoms with van der Waals surface area (Å²) in [5, 5.41) is 3.31. The molecule has 0 aromatic rings. The molecule has 0 rings (SSSR count). The Labute approximate surface area is 310 Å². The maximum atomic E-state index is 12.8. The van der Waals surface area contributed by atoms with Gasteiger partial charge in [-0.15, -0.1) is 0 Å². The fourth-order valence-electron chi connectivity index (χ4n) is 4.27. The van der Waals surface area contributed by atoms with Gasteiger partial charge in [-0.05, 0) is 80.3 Å². The number of nitrogens with two attached hydrogens (primary N) is 3. The van der Waals surface area contributed by atoms with Crippen molar-refractivity contribution in [1.29, 1.82) is 0 Å². The summed E-state index contributed by atoms with van der Waals surface area (Å²) in [7, 11) is 0. The lowest BCUT2D eigenvalue weighted by molar-refractivity contribution is -0.148. The van der Waals surface area contributed by atoms with Crippen LogP contribution in [-0.2, 0) is 47.6 Å². The molecule has 52 heavy (non-hydrogen) atoms. The normalized spacial score (nSPS) is 13.0. The van der Waals surface area contributed by atoms with E-state index in [9.17, 15) is 19.2 Å². The van der Waals surface area contributed by atoms with Crippen LogP contribution in [0.3, 0.4) is 0 Å². The van der Waals surface area contributed by atoms with Crippen LogP contribution in [0.1, 0.15) is 86.5 Å². The zero-order chi connectivity index (χ0) is 39.3. The van der Waals surface area contributed by atoms with E-state index in [1.165, 1.54) is 0 Å². The second kappa shape index (κ2) is 29.9. The Morgan fingerprint density at radius 2 is 1.00 bits per heavy atom. The summed E-state index contributed by atoms with van der Waals surface area (Å²) in [5.41, 5.74) is 15.5. The lowest BCUT2D eigenvalue weighted by atomic mass is 9.91. The molecule has 0 radical (unpaired) electrons. The van der Waals surface area contributed by atoms with Gasteiger partial charge in [0.1, 0.15) is 17.0 Å². The van der Waals surface area contributed by atoms with E-state index < -0.39 is 35.3 Å². The summed E-state index contributed by atoms with van der Waals surface area (Å²) in [6, 6.07) is -0.578. The molecular formula is C35H69N5O12.